The molecule has 0 bridgehead atoms. The molecule has 2 aromatic rings. The maximum atomic E-state index is 12.9. The molecule has 2 N–H and O–H groups in total. The summed E-state index contributed by atoms with van der Waals surface area (Å²) in [5, 5.41) is 7.09. The number of rotatable bonds is 10. The van der Waals surface area contributed by atoms with Crippen LogP contribution in [0.25, 0.3) is 0 Å². The predicted octanol–water partition coefficient (Wildman–Crippen LogP) is 3.56. The molecule has 3 rings (SSSR count). The lowest BCUT2D eigenvalue weighted by molar-refractivity contribution is -0.139. The number of dihydropyridines is 1. The first kappa shape index (κ1) is 27.3. The van der Waals surface area contributed by atoms with E-state index in [1.165, 1.54) is 6.26 Å². The monoisotopic (exact) mass is 509 g/mol. The summed E-state index contributed by atoms with van der Waals surface area (Å²) in [5.41, 5.74) is 5.45. The summed E-state index contributed by atoms with van der Waals surface area (Å²) in [6.07, 6.45) is 1.52. The van der Waals surface area contributed by atoms with E-state index < -0.39 is 23.8 Å². The van der Waals surface area contributed by atoms with E-state index in [-0.39, 0.29) is 19.8 Å². The summed E-state index contributed by atoms with van der Waals surface area (Å²) in [5.74, 6) is -1.21. The van der Waals surface area contributed by atoms with Gasteiger partial charge in [0, 0.05) is 11.4 Å². The molecule has 0 aliphatic carbocycles. The molecule has 0 atom stereocenters. The average molecular weight is 510 g/mol. The Morgan fingerprint density at radius 2 is 1.57 bits per heavy atom. The summed E-state index contributed by atoms with van der Waals surface area (Å²) in [7, 11) is 0. The van der Waals surface area contributed by atoms with Crippen molar-refractivity contribution in [1.82, 2.24) is 10.7 Å². The van der Waals surface area contributed by atoms with Crippen molar-refractivity contribution in [3.05, 3.63) is 76.5 Å². The van der Waals surface area contributed by atoms with Gasteiger partial charge in [-0.3, -0.25) is 4.79 Å². The summed E-state index contributed by atoms with van der Waals surface area (Å²) in [4.78, 5) is 37.9. The molecule has 1 aliphatic rings. The van der Waals surface area contributed by atoms with Gasteiger partial charge in [-0.05, 0) is 64.4 Å². The summed E-state index contributed by atoms with van der Waals surface area (Å²) in [6, 6.07) is 10.3. The first-order chi connectivity index (χ1) is 17.8. The smallest absolute Gasteiger partial charge is 0.336 e. The Kier molecular flexibility index (Phi) is 9.26. The number of nitrogens with zero attached hydrogens (tertiary/aromatic N) is 1. The first-order valence-corrected chi connectivity index (χ1v) is 11.9. The van der Waals surface area contributed by atoms with E-state index in [4.69, 9.17) is 18.6 Å². The molecule has 0 unspecified atom stereocenters. The van der Waals surface area contributed by atoms with E-state index in [1.807, 2.05) is 0 Å². The fourth-order valence-corrected chi connectivity index (χ4v) is 3.91. The second kappa shape index (κ2) is 12.6. The summed E-state index contributed by atoms with van der Waals surface area (Å²) < 4.78 is 21.4. The minimum atomic E-state index is -0.699. The van der Waals surface area contributed by atoms with Crippen molar-refractivity contribution >= 4 is 23.6 Å². The Bertz CT molecular complexity index is 1190. The SMILES string of the molecule is CCOC(=O)C1=C(C)NC(C)=C(C(=O)OCC)C1c1ccc(OCC(=O)N/N=C(\C)c2ccco2)cc1. The van der Waals surface area contributed by atoms with Crippen LogP contribution in [0.15, 0.2) is 74.7 Å². The molecule has 0 fully saturated rings. The molecule has 37 heavy (non-hydrogen) atoms. The molecule has 1 aliphatic heterocycles. The van der Waals surface area contributed by atoms with Crippen molar-refractivity contribution in [3.8, 4) is 5.75 Å². The van der Waals surface area contributed by atoms with Gasteiger partial charge in [0.15, 0.2) is 6.61 Å². The molecule has 0 spiro atoms. The molecule has 0 saturated carbocycles. The maximum absolute atomic E-state index is 12.9. The number of allylic oxidation sites excluding steroid dienone is 2. The lowest BCUT2D eigenvalue weighted by Crippen LogP contribution is -2.32. The second-order valence-corrected chi connectivity index (χ2v) is 8.14. The van der Waals surface area contributed by atoms with Crippen LogP contribution < -0.4 is 15.5 Å². The Morgan fingerprint density at radius 1 is 0.973 bits per heavy atom. The van der Waals surface area contributed by atoms with Crippen molar-refractivity contribution in [2.24, 2.45) is 5.10 Å². The molecule has 1 aromatic carbocycles. The quantitative estimate of drug-likeness (QED) is 0.283. The van der Waals surface area contributed by atoms with Crippen molar-refractivity contribution in [2.75, 3.05) is 19.8 Å². The van der Waals surface area contributed by atoms with Crippen LogP contribution in [0.4, 0.5) is 0 Å². The van der Waals surface area contributed by atoms with Crippen molar-refractivity contribution < 1.29 is 33.0 Å². The number of hydrogen-bond donors (Lipinski definition) is 2. The topological polar surface area (TPSA) is 128 Å². The number of ether oxygens (including phenoxy) is 3. The van der Waals surface area contributed by atoms with E-state index >= 15 is 0 Å². The van der Waals surface area contributed by atoms with E-state index in [1.54, 1.807) is 71.0 Å². The van der Waals surface area contributed by atoms with Gasteiger partial charge in [0.1, 0.15) is 17.2 Å². The van der Waals surface area contributed by atoms with E-state index in [0.717, 1.165) is 0 Å². The van der Waals surface area contributed by atoms with Crippen molar-refractivity contribution in [1.29, 1.82) is 0 Å². The molecule has 1 amide bonds. The molecule has 10 nitrogen and oxygen atoms in total. The van der Waals surface area contributed by atoms with Crippen LogP contribution in [0.3, 0.4) is 0 Å². The lowest BCUT2D eigenvalue weighted by Gasteiger charge is -2.30. The highest BCUT2D eigenvalue weighted by Gasteiger charge is 2.37. The Hall–Kier alpha value is -4.34. The third-order valence-electron chi connectivity index (χ3n) is 5.56. The van der Waals surface area contributed by atoms with Gasteiger partial charge in [-0.15, -0.1) is 0 Å². The van der Waals surface area contributed by atoms with Crippen LogP contribution in [0.5, 0.6) is 5.75 Å². The molecule has 0 radical (unpaired) electrons. The van der Waals surface area contributed by atoms with Crippen LogP contribution >= 0.6 is 0 Å². The second-order valence-electron chi connectivity index (χ2n) is 8.14. The molecular formula is C27H31N3O7. The minimum absolute atomic E-state index is 0.194. The number of furan rings is 1. The van der Waals surface area contributed by atoms with E-state index in [0.29, 0.717) is 45.3 Å². The Labute approximate surface area is 215 Å². The zero-order valence-electron chi connectivity index (χ0n) is 21.5. The number of esters is 2. The zero-order chi connectivity index (χ0) is 26.9. The maximum Gasteiger partial charge on any atom is 0.336 e. The van der Waals surface area contributed by atoms with Crippen molar-refractivity contribution in [2.45, 2.75) is 40.5 Å². The third kappa shape index (κ3) is 6.66. The van der Waals surface area contributed by atoms with Gasteiger partial charge in [0.25, 0.3) is 5.91 Å². The van der Waals surface area contributed by atoms with Crippen LogP contribution in [0.1, 0.15) is 51.9 Å². The van der Waals surface area contributed by atoms with Crippen LogP contribution in [-0.2, 0) is 23.9 Å². The summed E-state index contributed by atoms with van der Waals surface area (Å²) >= 11 is 0. The lowest BCUT2D eigenvalue weighted by atomic mass is 9.80. The normalized spacial score (nSPS) is 14.2. The molecule has 0 saturated heterocycles. The van der Waals surface area contributed by atoms with Crippen molar-refractivity contribution in [3.63, 3.8) is 0 Å². The molecule has 10 heteroatoms. The third-order valence-corrected chi connectivity index (χ3v) is 5.56. The van der Waals surface area contributed by atoms with E-state index in [9.17, 15) is 14.4 Å². The largest absolute Gasteiger partial charge is 0.484 e. The minimum Gasteiger partial charge on any atom is -0.484 e. The van der Waals surface area contributed by atoms with Gasteiger partial charge in [0.05, 0.1) is 36.5 Å². The zero-order valence-corrected chi connectivity index (χ0v) is 21.5. The van der Waals surface area contributed by atoms with Crippen LogP contribution in [0.2, 0.25) is 0 Å². The summed E-state index contributed by atoms with van der Waals surface area (Å²) in [6.45, 7) is 8.80. The highest BCUT2D eigenvalue weighted by atomic mass is 16.5. The van der Waals surface area contributed by atoms with Crippen LogP contribution in [0, 0.1) is 0 Å². The standard InChI is InChI=1S/C27H31N3O7/c1-6-34-26(32)23-17(4)28-18(5)24(27(33)35-7-2)25(23)19-10-12-20(13-11-19)37-15-22(31)30-29-16(3)21-9-8-14-36-21/h8-14,25,28H,6-7,15H2,1-5H3,(H,30,31)/b29-16+. The number of amides is 1. The van der Waals surface area contributed by atoms with Gasteiger partial charge in [-0.1, -0.05) is 12.1 Å². The average Bonchev–Trinajstić information content (AvgIpc) is 3.41. The number of benzene rings is 1. The highest BCUT2D eigenvalue weighted by Crippen LogP contribution is 2.39. The Balaban J connectivity index is 1.78. The number of hydrogen-bond acceptors (Lipinski definition) is 9. The van der Waals surface area contributed by atoms with Gasteiger partial charge < -0.3 is 23.9 Å². The molecule has 196 valence electrons. The Morgan fingerprint density at radius 3 is 2.08 bits per heavy atom. The molecular weight excluding hydrogens is 478 g/mol. The fraction of sp³-hybridized carbons (Fsp3) is 0.333. The van der Waals surface area contributed by atoms with Gasteiger partial charge in [-0.2, -0.15) is 5.10 Å². The molecule has 2 heterocycles. The van der Waals surface area contributed by atoms with Gasteiger partial charge >= 0.3 is 11.9 Å². The number of hydrazone groups is 1. The fourth-order valence-electron chi connectivity index (χ4n) is 3.91. The number of carbonyl (C=O) groups excluding carboxylic acids is 3. The highest BCUT2D eigenvalue weighted by molar-refractivity contribution is 6.00. The number of carbonyl (C=O) groups is 3. The van der Waals surface area contributed by atoms with Gasteiger partial charge in [0.2, 0.25) is 0 Å². The van der Waals surface area contributed by atoms with Gasteiger partial charge in [-0.25, -0.2) is 15.0 Å². The van der Waals surface area contributed by atoms with Crippen LogP contribution in [-0.4, -0.2) is 43.4 Å². The van der Waals surface area contributed by atoms with E-state index in [2.05, 4.69) is 15.8 Å². The molecule has 1 aromatic heterocycles. The number of nitrogens with one attached hydrogen (secondary N) is 2. The predicted molar refractivity (Wildman–Crippen MR) is 136 cm³/mol. The first-order valence-electron chi connectivity index (χ1n) is 11.9.